The van der Waals surface area contributed by atoms with E-state index in [9.17, 15) is 9.59 Å². The summed E-state index contributed by atoms with van der Waals surface area (Å²) >= 11 is 2.37. The Morgan fingerprint density at radius 2 is 1.94 bits per heavy atom. The van der Waals surface area contributed by atoms with E-state index >= 15 is 0 Å². The summed E-state index contributed by atoms with van der Waals surface area (Å²) in [5.41, 5.74) is 2.49. The first kappa shape index (κ1) is 21.7. The standard InChI is InChI=1S/C22H18N4O4S2/c1-2-29-21(28)18-15(14-8-4-3-5-9-14)12-31-20(18)24-17(27)13-32-22-26-25-19(30-22)16-10-6-7-11-23-16/h3-12H,2,13H2,1H3,(H,24,27). The molecule has 0 saturated heterocycles. The summed E-state index contributed by atoms with van der Waals surface area (Å²) in [6.45, 7) is 1.98. The second kappa shape index (κ2) is 10.2. The number of rotatable bonds is 8. The molecule has 1 aromatic carbocycles. The number of hydrogen-bond donors (Lipinski definition) is 1. The molecule has 0 radical (unpaired) electrons. The summed E-state index contributed by atoms with van der Waals surface area (Å²) in [5.74, 6) is -0.471. The molecule has 1 N–H and O–H groups in total. The highest BCUT2D eigenvalue weighted by atomic mass is 32.2. The minimum absolute atomic E-state index is 0.0324. The molecule has 4 aromatic rings. The highest BCUT2D eigenvalue weighted by Crippen LogP contribution is 2.36. The molecule has 0 bridgehead atoms. The van der Waals surface area contributed by atoms with E-state index in [0.717, 1.165) is 17.3 Å². The summed E-state index contributed by atoms with van der Waals surface area (Å²) in [5, 5.41) is 13.2. The molecule has 3 aromatic heterocycles. The third-order valence-corrected chi connectivity index (χ3v) is 5.94. The van der Waals surface area contributed by atoms with E-state index in [1.807, 2.05) is 41.8 Å². The summed E-state index contributed by atoms with van der Waals surface area (Å²) in [4.78, 5) is 29.3. The Bertz CT molecular complexity index is 1210. The lowest BCUT2D eigenvalue weighted by atomic mass is 10.0. The van der Waals surface area contributed by atoms with Gasteiger partial charge in [-0.05, 0) is 24.6 Å². The highest BCUT2D eigenvalue weighted by Gasteiger charge is 2.23. The molecule has 0 unspecified atom stereocenters. The van der Waals surface area contributed by atoms with Crippen molar-refractivity contribution in [2.75, 3.05) is 17.7 Å². The maximum Gasteiger partial charge on any atom is 0.341 e. The fourth-order valence-electron chi connectivity index (χ4n) is 2.84. The van der Waals surface area contributed by atoms with Crippen molar-refractivity contribution in [1.29, 1.82) is 0 Å². The lowest BCUT2D eigenvalue weighted by molar-refractivity contribution is -0.113. The SMILES string of the molecule is CCOC(=O)c1c(-c2ccccc2)csc1NC(=O)CSc1nnc(-c2ccccn2)o1. The Morgan fingerprint density at radius 3 is 2.69 bits per heavy atom. The molecular formula is C22H18N4O4S2. The normalized spacial score (nSPS) is 10.7. The van der Waals surface area contributed by atoms with Crippen molar-refractivity contribution in [1.82, 2.24) is 15.2 Å². The van der Waals surface area contributed by atoms with Gasteiger partial charge in [0, 0.05) is 17.1 Å². The minimum atomic E-state index is -0.479. The number of aromatic nitrogens is 3. The van der Waals surface area contributed by atoms with Gasteiger partial charge in [-0.2, -0.15) is 0 Å². The van der Waals surface area contributed by atoms with Crippen LogP contribution in [-0.2, 0) is 9.53 Å². The fourth-order valence-corrected chi connectivity index (χ4v) is 4.37. The molecule has 162 valence electrons. The average molecular weight is 467 g/mol. The number of nitrogens with zero attached hydrogens (tertiary/aromatic N) is 3. The summed E-state index contributed by atoms with van der Waals surface area (Å²) < 4.78 is 10.8. The molecule has 10 heteroatoms. The van der Waals surface area contributed by atoms with Crippen molar-refractivity contribution in [3.63, 3.8) is 0 Å². The molecule has 0 fully saturated rings. The van der Waals surface area contributed by atoms with Crippen molar-refractivity contribution >= 4 is 40.0 Å². The molecule has 0 aliphatic heterocycles. The molecule has 3 heterocycles. The van der Waals surface area contributed by atoms with Crippen LogP contribution >= 0.6 is 23.1 Å². The van der Waals surface area contributed by atoms with Crippen molar-refractivity contribution in [3.8, 4) is 22.7 Å². The molecule has 0 atom stereocenters. The Kier molecular flexibility index (Phi) is 6.93. The molecule has 0 spiro atoms. The predicted octanol–water partition coefficient (Wildman–Crippen LogP) is 4.77. The van der Waals surface area contributed by atoms with Crippen LogP contribution in [0.5, 0.6) is 0 Å². The number of benzene rings is 1. The molecule has 0 aliphatic rings. The topological polar surface area (TPSA) is 107 Å². The summed E-state index contributed by atoms with van der Waals surface area (Å²) in [7, 11) is 0. The molecule has 4 rings (SSSR count). The fraction of sp³-hybridized carbons (Fsp3) is 0.136. The first-order valence-electron chi connectivity index (χ1n) is 9.67. The average Bonchev–Trinajstić information content (AvgIpc) is 3.46. The van der Waals surface area contributed by atoms with Gasteiger partial charge >= 0.3 is 5.97 Å². The van der Waals surface area contributed by atoms with Crippen molar-refractivity contribution < 1.29 is 18.7 Å². The number of esters is 1. The van der Waals surface area contributed by atoms with Crippen LogP contribution in [0.1, 0.15) is 17.3 Å². The van der Waals surface area contributed by atoms with Crippen LogP contribution in [0.25, 0.3) is 22.7 Å². The summed E-state index contributed by atoms with van der Waals surface area (Å²) in [6.07, 6.45) is 1.63. The Balaban J connectivity index is 1.46. The highest BCUT2D eigenvalue weighted by molar-refractivity contribution is 7.99. The number of amides is 1. The van der Waals surface area contributed by atoms with Crippen LogP contribution in [0, 0.1) is 0 Å². The van der Waals surface area contributed by atoms with Gasteiger partial charge in [0.2, 0.25) is 5.91 Å². The van der Waals surface area contributed by atoms with Gasteiger partial charge in [0.05, 0.1) is 12.4 Å². The maximum absolute atomic E-state index is 12.6. The number of thiophene rings is 1. The molecule has 8 nitrogen and oxygen atoms in total. The van der Waals surface area contributed by atoms with Crippen molar-refractivity contribution in [2.45, 2.75) is 12.1 Å². The van der Waals surface area contributed by atoms with Gasteiger partial charge in [0.25, 0.3) is 11.1 Å². The first-order chi connectivity index (χ1) is 15.7. The zero-order valence-electron chi connectivity index (χ0n) is 17.0. The van der Waals surface area contributed by atoms with Gasteiger partial charge in [-0.1, -0.05) is 48.2 Å². The number of anilines is 1. The number of ether oxygens (including phenoxy) is 1. The third kappa shape index (κ3) is 5.04. The van der Waals surface area contributed by atoms with Gasteiger partial charge < -0.3 is 14.5 Å². The van der Waals surface area contributed by atoms with Crippen LogP contribution in [0.15, 0.2) is 69.7 Å². The second-order valence-electron chi connectivity index (χ2n) is 6.36. The second-order valence-corrected chi connectivity index (χ2v) is 8.17. The van der Waals surface area contributed by atoms with Crippen LogP contribution in [0.3, 0.4) is 0 Å². The Morgan fingerprint density at radius 1 is 1.12 bits per heavy atom. The number of nitrogens with one attached hydrogen (secondary N) is 1. The molecule has 32 heavy (non-hydrogen) atoms. The number of hydrogen-bond acceptors (Lipinski definition) is 9. The van der Waals surface area contributed by atoms with Gasteiger partial charge in [0.15, 0.2) is 0 Å². The molecule has 1 amide bonds. The van der Waals surface area contributed by atoms with Gasteiger partial charge in [-0.3, -0.25) is 9.78 Å². The van der Waals surface area contributed by atoms with E-state index in [-0.39, 0.29) is 29.4 Å². The van der Waals surface area contributed by atoms with Crippen LogP contribution < -0.4 is 5.32 Å². The smallest absolute Gasteiger partial charge is 0.341 e. The Labute approximate surface area is 192 Å². The van der Waals surface area contributed by atoms with E-state index in [2.05, 4.69) is 20.5 Å². The predicted molar refractivity (Wildman–Crippen MR) is 123 cm³/mol. The van der Waals surface area contributed by atoms with E-state index in [4.69, 9.17) is 9.15 Å². The number of thioether (sulfide) groups is 1. The van der Waals surface area contributed by atoms with Gasteiger partial charge in [-0.15, -0.1) is 21.5 Å². The first-order valence-corrected chi connectivity index (χ1v) is 11.5. The molecule has 0 saturated carbocycles. The number of carbonyl (C=O) groups is 2. The van der Waals surface area contributed by atoms with Crippen LogP contribution in [-0.4, -0.2) is 39.4 Å². The van der Waals surface area contributed by atoms with Gasteiger partial charge in [0.1, 0.15) is 16.3 Å². The van der Waals surface area contributed by atoms with Crippen LogP contribution in [0.4, 0.5) is 5.00 Å². The quantitative estimate of drug-likeness (QED) is 0.292. The van der Waals surface area contributed by atoms with Crippen LogP contribution in [0.2, 0.25) is 0 Å². The van der Waals surface area contributed by atoms with E-state index in [0.29, 0.717) is 21.8 Å². The maximum atomic E-state index is 12.6. The zero-order valence-corrected chi connectivity index (χ0v) is 18.6. The number of carbonyl (C=O) groups excluding carboxylic acids is 2. The van der Waals surface area contributed by atoms with E-state index < -0.39 is 5.97 Å². The number of pyridine rings is 1. The van der Waals surface area contributed by atoms with Crippen molar-refractivity contribution in [3.05, 3.63) is 65.7 Å². The lowest BCUT2D eigenvalue weighted by Gasteiger charge is -2.08. The molecule has 0 aliphatic carbocycles. The van der Waals surface area contributed by atoms with E-state index in [1.54, 1.807) is 25.3 Å². The lowest BCUT2D eigenvalue weighted by Crippen LogP contribution is -2.16. The summed E-state index contributed by atoms with van der Waals surface area (Å²) in [6, 6.07) is 14.9. The monoisotopic (exact) mass is 466 g/mol. The van der Waals surface area contributed by atoms with Crippen molar-refractivity contribution in [2.24, 2.45) is 0 Å². The van der Waals surface area contributed by atoms with Gasteiger partial charge in [-0.25, -0.2) is 4.79 Å². The largest absolute Gasteiger partial charge is 0.462 e. The third-order valence-electron chi connectivity index (χ3n) is 4.23. The minimum Gasteiger partial charge on any atom is -0.462 e. The zero-order chi connectivity index (χ0) is 22.3. The molecular weight excluding hydrogens is 448 g/mol. The van der Waals surface area contributed by atoms with E-state index in [1.165, 1.54) is 11.3 Å². The Hall–Kier alpha value is -3.50.